The van der Waals surface area contributed by atoms with Gasteiger partial charge in [-0.2, -0.15) is 0 Å². The van der Waals surface area contributed by atoms with Crippen LogP contribution in [0.25, 0.3) is 0 Å². The molecule has 0 aliphatic rings. The summed E-state index contributed by atoms with van der Waals surface area (Å²) < 4.78 is 0. The van der Waals surface area contributed by atoms with Crippen LogP contribution in [0.5, 0.6) is 0 Å². The van der Waals surface area contributed by atoms with Gasteiger partial charge in [-0.3, -0.25) is 0 Å². The molecular weight excluding hydrogens is 158 g/mol. The van der Waals surface area contributed by atoms with Crippen molar-refractivity contribution in [1.82, 2.24) is 0 Å². The number of rotatable bonds is 3. The van der Waals surface area contributed by atoms with Gasteiger partial charge in [0.25, 0.3) is 0 Å². The molecule has 0 unspecified atom stereocenters. The number of benzene rings is 1. The molecule has 0 aromatic heterocycles. The lowest BCUT2D eigenvalue weighted by atomic mass is 10.2. The SMILES string of the molecule is NCc1cccc(SCO)c1. The summed E-state index contributed by atoms with van der Waals surface area (Å²) >= 11 is 1.40. The van der Waals surface area contributed by atoms with Gasteiger partial charge in [-0.05, 0) is 17.7 Å². The summed E-state index contributed by atoms with van der Waals surface area (Å²) in [5.41, 5.74) is 6.54. The highest BCUT2D eigenvalue weighted by molar-refractivity contribution is 7.99. The minimum Gasteiger partial charge on any atom is -0.385 e. The van der Waals surface area contributed by atoms with Crippen LogP contribution in [0.15, 0.2) is 29.2 Å². The van der Waals surface area contributed by atoms with Gasteiger partial charge in [0.05, 0.1) is 5.94 Å². The molecule has 0 aliphatic heterocycles. The van der Waals surface area contributed by atoms with Gasteiger partial charge >= 0.3 is 0 Å². The van der Waals surface area contributed by atoms with Crippen molar-refractivity contribution in [3.63, 3.8) is 0 Å². The Morgan fingerprint density at radius 1 is 1.45 bits per heavy atom. The van der Waals surface area contributed by atoms with E-state index in [4.69, 9.17) is 10.8 Å². The largest absolute Gasteiger partial charge is 0.385 e. The average Bonchev–Trinajstić information content (AvgIpc) is 2.06. The number of aliphatic hydroxyl groups is 1. The fourth-order valence-electron chi connectivity index (χ4n) is 0.837. The summed E-state index contributed by atoms with van der Waals surface area (Å²) in [5.74, 6) is 0.119. The molecule has 1 aromatic rings. The van der Waals surface area contributed by atoms with E-state index in [0.717, 1.165) is 10.5 Å². The smallest absolute Gasteiger partial charge is 0.0932 e. The predicted octanol–water partition coefficient (Wildman–Crippen LogP) is 1.19. The Morgan fingerprint density at radius 2 is 2.27 bits per heavy atom. The standard InChI is InChI=1S/C8H11NOS/c9-5-7-2-1-3-8(4-7)11-6-10/h1-4,10H,5-6,9H2. The van der Waals surface area contributed by atoms with Crippen molar-refractivity contribution >= 4 is 11.8 Å². The quantitative estimate of drug-likeness (QED) is 0.527. The van der Waals surface area contributed by atoms with Gasteiger partial charge < -0.3 is 10.8 Å². The molecule has 0 radical (unpaired) electrons. The molecule has 0 spiro atoms. The van der Waals surface area contributed by atoms with Gasteiger partial charge in [-0.15, -0.1) is 0 Å². The minimum atomic E-state index is 0.119. The Balaban J connectivity index is 2.74. The van der Waals surface area contributed by atoms with E-state index < -0.39 is 0 Å². The van der Waals surface area contributed by atoms with Crippen LogP contribution < -0.4 is 5.73 Å². The summed E-state index contributed by atoms with van der Waals surface area (Å²) in [6.45, 7) is 0.555. The van der Waals surface area contributed by atoms with E-state index in [1.54, 1.807) is 0 Å². The van der Waals surface area contributed by atoms with Gasteiger partial charge in [0, 0.05) is 11.4 Å². The molecule has 0 aliphatic carbocycles. The fraction of sp³-hybridized carbons (Fsp3) is 0.250. The first-order chi connectivity index (χ1) is 5.36. The topological polar surface area (TPSA) is 46.2 Å². The van der Waals surface area contributed by atoms with E-state index in [1.165, 1.54) is 11.8 Å². The van der Waals surface area contributed by atoms with Crippen molar-refractivity contribution in [2.75, 3.05) is 5.94 Å². The fourth-order valence-corrected chi connectivity index (χ4v) is 1.40. The second-order valence-electron chi connectivity index (χ2n) is 2.12. The van der Waals surface area contributed by atoms with Crippen LogP contribution in [0.2, 0.25) is 0 Å². The molecule has 0 saturated heterocycles. The first-order valence-electron chi connectivity index (χ1n) is 3.39. The van der Waals surface area contributed by atoms with E-state index in [0.29, 0.717) is 6.54 Å². The van der Waals surface area contributed by atoms with Crippen molar-refractivity contribution in [2.24, 2.45) is 5.73 Å². The molecule has 11 heavy (non-hydrogen) atoms. The number of hydrogen-bond acceptors (Lipinski definition) is 3. The third kappa shape index (κ3) is 2.54. The molecule has 3 N–H and O–H groups in total. The Hall–Kier alpha value is -0.510. The zero-order valence-electron chi connectivity index (χ0n) is 6.16. The number of aliphatic hydroxyl groups excluding tert-OH is 1. The van der Waals surface area contributed by atoms with Gasteiger partial charge in [0.15, 0.2) is 0 Å². The molecular formula is C8H11NOS. The molecule has 0 heterocycles. The number of thioether (sulfide) groups is 1. The van der Waals surface area contributed by atoms with Crippen LogP contribution in [0.4, 0.5) is 0 Å². The van der Waals surface area contributed by atoms with E-state index in [-0.39, 0.29) is 5.94 Å². The van der Waals surface area contributed by atoms with Crippen LogP contribution >= 0.6 is 11.8 Å². The Bertz CT molecular complexity index is 227. The summed E-state index contributed by atoms with van der Waals surface area (Å²) in [6.07, 6.45) is 0. The molecule has 2 nitrogen and oxygen atoms in total. The molecule has 0 fully saturated rings. The van der Waals surface area contributed by atoms with Crippen LogP contribution in [0.3, 0.4) is 0 Å². The Morgan fingerprint density at radius 3 is 2.91 bits per heavy atom. The lowest BCUT2D eigenvalue weighted by Crippen LogP contribution is -1.95. The zero-order chi connectivity index (χ0) is 8.10. The summed E-state index contributed by atoms with van der Waals surface area (Å²) in [4.78, 5) is 1.07. The van der Waals surface area contributed by atoms with Crippen LogP contribution in [0.1, 0.15) is 5.56 Å². The maximum absolute atomic E-state index is 8.61. The minimum absolute atomic E-state index is 0.119. The van der Waals surface area contributed by atoms with Crippen molar-refractivity contribution in [1.29, 1.82) is 0 Å². The lowest BCUT2D eigenvalue weighted by Gasteiger charge is -1.99. The number of nitrogens with two attached hydrogens (primary N) is 1. The van der Waals surface area contributed by atoms with Gasteiger partial charge in [-0.1, -0.05) is 23.9 Å². The normalized spacial score (nSPS) is 10.0. The van der Waals surface area contributed by atoms with Crippen LogP contribution in [0, 0.1) is 0 Å². The highest BCUT2D eigenvalue weighted by Crippen LogP contribution is 2.17. The maximum atomic E-state index is 8.61. The van der Waals surface area contributed by atoms with E-state index in [1.807, 2.05) is 24.3 Å². The second-order valence-corrected chi connectivity index (χ2v) is 3.14. The first kappa shape index (κ1) is 8.59. The van der Waals surface area contributed by atoms with Crippen molar-refractivity contribution in [3.05, 3.63) is 29.8 Å². The first-order valence-corrected chi connectivity index (χ1v) is 4.38. The van der Waals surface area contributed by atoms with Crippen LogP contribution in [-0.4, -0.2) is 11.0 Å². The highest BCUT2D eigenvalue weighted by atomic mass is 32.2. The van der Waals surface area contributed by atoms with Gasteiger partial charge in [-0.25, -0.2) is 0 Å². The third-order valence-electron chi connectivity index (χ3n) is 1.37. The molecule has 1 rings (SSSR count). The van der Waals surface area contributed by atoms with Gasteiger partial charge in [0.1, 0.15) is 0 Å². The summed E-state index contributed by atoms with van der Waals surface area (Å²) in [6, 6.07) is 7.86. The van der Waals surface area contributed by atoms with Crippen molar-refractivity contribution in [3.8, 4) is 0 Å². The molecule has 60 valence electrons. The summed E-state index contributed by atoms with van der Waals surface area (Å²) in [7, 11) is 0. The molecule has 0 bridgehead atoms. The molecule has 3 heteroatoms. The lowest BCUT2D eigenvalue weighted by molar-refractivity contribution is 0.375. The van der Waals surface area contributed by atoms with Gasteiger partial charge in [0.2, 0.25) is 0 Å². The summed E-state index contributed by atoms with van der Waals surface area (Å²) in [5, 5.41) is 8.61. The number of hydrogen-bond donors (Lipinski definition) is 2. The molecule has 0 saturated carbocycles. The molecule has 0 atom stereocenters. The molecule has 0 amide bonds. The third-order valence-corrected chi connectivity index (χ3v) is 2.08. The monoisotopic (exact) mass is 169 g/mol. The van der Waals surface area contributed by atoms with E-state index in [9.17, 15) is 0 Å². The highest BCUT2D eigenvalue weighted by Gasteiger charge is 1.92. The van der Waals surface area contributed by atoms with Crippen molar-refractivity contribution in [2.45, 2.75) is 11.4 Å². The van der Waals surface area contributed by atoms with E-state index in [2.05, 4.69) is 0 Å². The molecule has 1 aromatic carbocycles. The van der Waals surface area contributed by atoms with E-state index >= 15 is 0 Å². The zero-order valence-corrected chi connectivity index (χ0v) is 6.97. The predicted molar refractivity (Wildman–Crippen MR) is 47.3 cm³/mol. The second kappa shape index (κ2) is 4.38. The van der Waals surface area contributed by atoms with Crippen LogP contribution in [-0.2, 0) is 6.54 Å². The van der Waals surface area contributed by atoms with Crippen molar-refractivity contribution < 1.29 is 5.11 Å². The Kier molecular flexibility index (Phi) is 3.42. The average molecular weight is 169 g/mol. The maximum Gasteiger partial charge on any atom is 0.0932 e. The Labute approximate surface area is 70.4 Å².